The van der Waals surface area contributed by atoms with Gasteiger partial charge in [0.25, 0.3) is 0 Å². The third kappa shape index (κ3) is 5.80. The summed E-state index contributed by atoms with van der Waals surface area (Å²) in [5, 5.41) is 0. The van der Waals surface area contributed by atoms with Gasteiger partial charge < -0.3 is 11.5 Å². The zero-order valence-electron chi connectivity index (χ0n) is 6.65. The molecule has 0 fully saturated rings. The molecule has 0 aliphatic heterocycles. The van der Waals surface area contributed by atoms with E-state index in [2.05, 4.69) is 20.8 Å². The van der Waals surface area contributed by atoms with E-state index in [4.69, 9.17) is 11.5 Å². The monoisotopic (exact) mass is 130 g/mol. The quantitative estimate of drug-likeness (QED) is 0.578. The molecule has 0 spiro atoms. The van der Waals surface area contributed by atoms with Crippen molar-refractivity contribution in [3.8, 4) is 0 Å². The summed E-state index contributed by atoms with van der Waals surface area (Å²) in [4.78, 5) is 0. The van der Waals surface area contributed by atoms with E-state index in [1.54, 1.807) is 0 Å². The Morgan fingerprint density at radius 2 is 1.78 bits per heavy atom. The molecule has 9 heavy (non-hydrogen) atoms. The predicted molar refractivity (Wildman–Crippen MR) is 41.1 cm³/mol. The van der Waals surface area contributed by atoms with Gasteiger partial charge in [0.2, 0.25) is 0 Å². The lowest BCUT2D eigenvalue weighted by atomic mass is 9.88. The van der Waals surface area contributed by atoms with Gasteiger partial charge >= 0.3 is 0 Å². The summed E-state index contributed by atoms with van der Waals surface area (Å²) in [5.74, 6) is 0. The molecule has 0 radical (unpaired) electrons. The van der Waals surface area contributed by atoms with Crippen molar-refractivity contribution in [1.82, 2.24) is 0 Å². The molecule has 0 aliphatic rings. The standard InChI is InChI=1S/C7H18N2/c1-7(2,3)4-6(9)5-8/h6H,4-5,8-9H2,1-3H3/t6-/m1/s1. The molecule has 0 bridgehead atoms. The van der Waals surface area contributed by atoms with Crippen LogP contribution >= 0.6 is 0 Å². The van der Waals surface area contributed by atoms with Crippen LogP contribution in [-0.4, -0.2) is 12.6 Å². The lowest BCUT2D eigenvalue weighted by Crippen LogP contribution is -2.33. The minimum atomic E-state index is 0.171. The van der Waals surface area contributed by atoms with Gasteiger partial charge in [0, 0.05) is 12.6 Å². The Hall–Kier alpha value is -0.0800. The van der Waals surface area contributed by atoms with Gasteiger partial charge in [0.15, 0.2) is 0 Å². The van der Waals surface area contributed by atoms with Crippen LogP contribution in [0.2, 0.25) is 0 Å². The van der Waals surface area contributed by atoms with Crippen LogP contribution in [0.3, 0.4) is 0 Å². The fourth-order valence-electron chi connectivity index (χ4n) is 0.870. The van der Waals surface area contributed by atoms with Crippen molar-refractivity contribution >= 4 is 0 Å². The highest BCUT2D eigenvalue weighted by molar-refractivity contribution is 4.71. The predicted octanol–water partition coefficient (Wildman–Crippen LogP) is 0.709. The maximum Gasteiger partial charge on any atom is 0.0168 e. The second-order valence-corrected chi connectivity index (χ2v) is 3.76. The van der Waals surface area contributed by atoms with Gasteiger partial charge in [-0.2, -0.15) is 0 Å². The third-order valence-corrected chi connectivity index (χ3v) is 1.18. The first-order valence-electron chi connectivity index (χ1n) is 3.41. The topological polar surface area (TPSA) is 52.0 Å². The van der Waals surface area contributed by atoms with Crippen LogP contribution in [0, 0.1) is 5.41 Å². The minimum Gasteiger partial charge on any atom is -0.329 e. The van der Waals surface area contributed by atoms with E-state index in [1.165, 1.54) is 0 Å². The highest BCUT2D eigenvalue weighted by Crippen LogP contribution is 2.19. The molecular formula is C7H18N2. The van der Waals surface area contributed by atoms with Crippen LogP contribution in [0.4, 0.5) is 0 Å². The zero-order chi connectivity index (χ0) is 7.49. The second kappa shape index (κ2) is 3.18. The lowest BCUT2D eigenvalue weighted by Gasteiger charge is -2.21. The molecule has 0 saturated carbocycles. The van der Waals surface area contributed by atoms with E-state index < -0.39 is 0 Å². The number of hydrogen-bond donors (Lipinski definition) is 2. The van der Waals surface area contributed by atoms with Crippen LogP contribution < -0.4 is 11.5 Å². The zero-order valence-corrected chi connectivity index (χ0v) is 6.65. The molecule has 0 aromatic carbocycles. The van der Waals surface area contributed by atoms with Gasteiger partial charge in [-0.05, 0) is 11.8 Å². The average molecular weight is 130 g/mol. The van der Waals surface area contributed by atoms with Crippen molar-refractivity contribution in [1.29, 1.82) is 0 Å². The largest absolute Gasteiger partial charge is 0.329 e. The van der Waals surface area contributed by atoms with E-state index in [1.807, 2.05) is 0 Å². The Labute approximate surface area is 57.6 Å². The van der Waals surface area contributed by atoms with Crippen molar-refractivity contribution in [2.45, 2.75) is 33.2 Å². The Balaban J connectivity index is 3.47. The van der Waals surface area contributed by atoms with Crippen LogP contribution in [0.15, 0.2) is 0 Å². The summed E-state index contributed by atoms with van der Waals surface area (Å²) < 4.78 is 0. The molecule has 4 N–H and O–H groups in total. The van der Waals surface area contributed by atoms with Crippen molar-refractivity contribution in [2.75, 3.05) is 6.54 Å². The first kappa shape index (κ1) is 8.92. The normalized spacial score (nSPS) is 15.7. The van der Waals surface area contributed by atoms with Gasteiger partial charge in [-0.25, -0.2) is 0 Å². The van der Waals surface area contributed by atoms with E-state index >= 15 is 0 Å². The molecule has 56 valence electrons. The smallest absolute Gasteiger partial charge is 0.0168 e. The molecule has 2 heteroatoms. The summed E-state index contributed by atoms with van der Waals surface area (Å²) in [6.45, 7) is 7.10. The Kier molecular flexibility index (Phi) is 3.15. The van der Waals surface area contributed by atoms with E-state index in [0.29, 0.717) is 12.0 Å². The average Bonchev–Trinajstić information content (AvgIpc) is 1.62. The summed E-state index contributed by atoms with van der Waals surface area (Å²) in [5.41, 5.74) is 11.3. The SMILES string of the molecule is CC(C)(C)C[C@@H](N)CN. The van der Waals surface area contributed by atoms with E-state index in [9.17, 15) is 0 Å². The molecule has 0 rings (SSSR count). The minimum absolute atomic E-state index is 0.171. The van der Waals surface area contributed by atoms with Crippen LogP contribution in [0.1, 0.15) is 27.2 Å². The second-order valence-electron chi connectivity index (χ2n) is 3.76. The van der Waals surface area contributed by atoms with Gasteiger partial charge in [-0.15, -0.1) is 0 Å². The van der Waals surface area contributed by atoms with Gasteiger partial charge in [-0.3, -0.25) is 0 Å². The van der Waals surface area contributed by atoms with E-state index in [-0.39, 0.29) is 6.04 Å². The number of nitrogens with two attached hydrogens (primary N) is 2. The van der Waals surface area contributed by atoms with Crippen LogP contribution in [0.5, 0.6) is 0 Å². The Morgan fingerprint density at radius 1 is 1.33 bits per heavy atom. The first-order valence-corrected chi connectivity index (χ1v) is 3.41. The third-order valence-electron chi connectivity index (χ3n) is 1.18. The fourth-order valence-corrected chi connectivity index (χ4v) is 0.870. The summed E-state index contributed by atoms with van der Waals surface area (Å²) in [6.07, 6.45) is 1.00. The first-order chi connectivity index (χ1) is 3.95. The number of rotatable bonds is 2. The molecular weight excluding hydrogens is 112 g/mol. The van der Waals surface area contributed by atoms with Crippen molar-refractivity contribution in [3.05, 3.63) is 0 Å². The van der Waals surface area contributed by atoms with Gasteiger partial charge in [0.1, 0.15) is 0 Å². The van der Waals surface area contributed by atoms with Crippen molar-refractivity contribution in [3.63, 3.8) is 0 Å². The van der Waals surface area contributed by atoms with Crippen molar-refractivity contribution < 1.29 is 0 Å². The molecule has 0 amide bonds. The molecule has 0 saturated heterocycles. The summed E-state index contributed by atoms with van der Waals surface area (Å²) in [7, 11) is 0. The Bertz CT molecular complexity index is 73.5. The summed E-state index contributed by atoms with van der Waals surface area (Å²) >= 11 is 0. The van der Waals surface area contributed by atoms with Crippen molar-refractivity contribution in [2.24, 2.45) is 16.9 Å². The molecule has 0 aromatic heterocycles. The molecule has 0 unspecified atom stereocenters. The highest BCUT2D eigenvalue weighted by Gasteiger charge is 2.13. The molecule has 1 atom stereocenters. The Morgan fingerprint density at radius 3 is 1.89 bits per heavy atom. The molecule has 2 nitrogen and oxygen atoms in total. The van der Waals surface area contributed by atoms with Gasteiger partial charge in [0.05, 0.1) is 0 Å². The number of hydrogen-bond acceptors (Lipinski definition) is 2. The van der Waals surface area contributed by atoms with Crippen LogP contribution in [0.25, 0.3) is 0 Å². The fraction of sp³-hybridized carbons (Fsp3) is 1.00. The molecule has 0 heterocycles. The molecule has 0 aliphatic carbocycles. The summed E-state index contributed by atoms with van der Waals surface area (Å²) in [6, 6.07) is 0.171. The lowest BCUT2D eigenvalue weighted by molar-refractivity contribution is 0.342. The highest BCUT2D eigenvalue weighted by atomic mass is 14.7. The van der Waals surface area contributed by atoms with Crippen LogP contribution in [-0.2, 0) is 0 Å². The van der Waals surface area contributed by atoms with E-state index in [0.717, 1.165) is 6.42 Å². The van der Waals surface area contributed by atoms with Gasteiger partial charge in [-0.1, -0.05) is 20.8 Å². The molecule has 0 aromatic rings. The maximum absolute atomic E-state index is 5.63. The maximum atomic E-state index is 5.63.